The van der Waals surface area contributed by atoms with E-state index in [0.717, 1.165) is 4.68 Å². The van der Waals surface area contributed by atoms with E-state index in [-0.39, 0.29) is 11.4 Å². The number of benzene rings is 1. The Labute approximate surface area is 151 Å². The summed E-state index contributed by atoms with van der Waals surface area (Å²) in [6.07, 6.45) is -3.55. The van der Waals surface area contributed by atoms with E-state index >= 15 is 0 Å². The zero-order chi connectivity index (χ0) is 18.7. The van der Waals surface area contributed by atoms with Crippen LogP contribution in [0.15, 0.2) is 29.4 Å². The molecule has 0 aliphatic carbocycles. The summed E-state index contributed by atoms with van der Waals surface area (Å²) < 4.78 is 59.5. The van der Waals surface area contributed by atoms with Crippen molar-refractivity contribution in [3.8, 4) is 0 Å². The van der Waals surface area contributed by atoms with Gasteiger partial charge < -0.3 is 4.74 Å². The Morgan fingerprint density at radius 1 is 1.19 bits per heavy atom. The van der Waals surface area contributed by atoms with Gasteiger partial charge in [0.1, 0.15) is 5.82 Å². The van der Waals surface area contributed by atoms with Crippen LogP contribution in [-0.2, 0) is 17.6 Å². The van der Waals surface area contributed by atoms with E-state index in [4.69, 9.17) is 17.0 Å². The van der Waals surface area contributed by atoms with E-state index in [1.807, 2.05) is 4.90 Å². The van der Waals surface area contributed by atoms with Crippen LogP contribution in [-0.4, -0.2) is 51.9 Å². The molecule has 1 aliphatic rings. The predicted molar refractivity (Wildman–Crippen MR) is 87.8 cm³/mol. The molecule has 2 aromatic rings. The second-order valence-corrected chi connectivity index (χ2v) is 5.95. The van der Waals surface area contributed by atoms with Crippen LogP contribution >= 0.6 is 12.2 Å². The third-order valence-electron chi connectivity index (χ3n) is 3.70. The number of morpholine rings is 1. The number of aromatic nitrogens is 3. The number of halogens is 4. The normalized spacial score (nSPS) is 16.5. The fraction of sp³-hybridized carbons (Fsp3) is 0.400. The van der Waals surface area contributed by atoms with Crippen molar-refractivity contribution in [1.29, 1.82) is 0 Å². The summed E-state index contributed by atoms with van der Waals surface area (Å²) in [4.78, 5) is 1.89. The number of alkyl halides is 3. The predicted octanol–water partition coefficient (Wildman–Crippen LogP) is 2.74. The highest BCUT2D eigenvalue weighted by Crippen LogP contribution is 2.28. The maximum atomic E-state index is 13.3. The molecule has 0 N–H and O–H groups in total. The zero-order valence-corrected chi connectivity index (χ0v) is 14.3. The van der Waals surface area contributed by atoms with Crippen molar-refractivity contribution in [2.75, 3.05) is 26.3 Å². The number of hydrogen-bond donors (Lipinski definition) is 0. The summed E-state index contributed by atoms with van der Waals surface area (Å²) in [6, 6.07) is 5.17. The van der Waals surface area contributed by atoms with Crippen LogP contribution in [0.4, 0.5) is 17.6 Å². The van der Waals surface area contributed by atoms with E-state index in [9.17, 15) is 17.6 Å². The van der Waals surface area contributed by atoms with Crippen molar-refractivity contribution in [3.05, 3.63) is 46.2 Å². The maximum absolute atomic E-state index is 13.3. The molecule has 1 aromatic carbocycles. The zero-order valence-electron chi connectivity index (χ0n) is 13.5. The molecule has 0 unspecified atom stereocenters. The van der Waals surface area contributed by atoms with Gasteiger partial charge in [-0.05, 0) is 29.9 Å². The van der Waals surface area contributed by atoms with Crippen LogP contribution in [0.5, 0.6) is 0 Å². The minimum Gasteiger partial charge on any atom is -0.379 e. The van der Waals surface area contributed by atoms with Gasteiger partial charge in [0.2, 0.25) is 4.77 Å². The van der Waals surface area contributed by atoms with Gasteiger partial charge in [-0.15, -0.1) is 5.10 Å². The van der Waals surface area contributed by atoms with Gasteiger partial charge in [-0.1, -0.05) is 12.1 Å². The average molecular weight is 389 g/mol. The molecule has 1 aromatic heterocycles. The minimum atomic E-state index is -4.72. The lowest BCUT2D eigenvalue weighted by molar-refractivity contribution is -0.147. The van der Waals surface area contributed by atoms with Gasteiger partial charge in [0.15, 0.2) is 0 Å². The molecule has 1 fully saturated rings. The highest BCUT2D eigenvalue weighted by molar-refractivity contribution is 7.71. The Hall–Kier alpha value is -2.11. The molecular formula is C15H15F4N5OS. The van der Waals surface area contributed by atoms with Crippen LogP contribution in [0.25, 0.3) is 0 Å². The lowest BCUT2D eigenvalue weighted by Crippen LogP contribution is -2.37. The third kappa shape index (κ3) is 4.34. The number of nitrogens with zero attached hydrogens (tertiary/aromatic N) is 5. The van der Waals surface area contributed by atoms with E-state index < -0.39 is 17.8 Å². The lowest BCUT2D eigenvalue weighted by Gasteiger charge is -2.25. The van der Waals surface area contributed by atoms with Gasteiger partial charge in [-0.25, -0.2) is 9.07 Å². The minimum absolute atomic E-state index is 0.115. The van der Waals surface area contributed by atoms with Gasteiger partial charge in [-0.3, -0.25) is 4.90 Å². The molecule has 0 bridgehead atoms. The van der Waals surface area contributed by atoms with E-state index in [1.165, 1.54) is 30.5 Å². The summed E-state index contributed by atoms with van der Waals surface area (Å²) in [5, 5.41) is 7.40. The fourth-order valence-electron chi connectivity index (χ4n) is 2.38. The Morgan fingerprint density at radius 2 is 1.85 bits per heavy atom. The first kappa shape index (κ1) is 18.7. The average Bonchev–Trinajstić information content (AvgIpc) is 2.92. The van der Waals surface area contributed by atoms with E-state index in [0.29, 0.717) is 36.5 Å². The van der Waals surface area contributed by atoms with E-state index in [2.05, 4.69) is 10.2 Å². The fourth-order valence-corrected chi connectivity index (χ4v) is 2.61. The van der Waals surface area contributed by atoms with Crippen LogP contribution in [0.3, 0.4) is 0 Å². The summed E-state index contributed by atoms with van der Waals surface area (Å²) in [6.45, 7) is 2.28. The first-order chi connectivity index (χ1) is 12.3. The molecular weight excluding hydrogens is 374 g/mol. The first-order valence-corrected chi connectivity index (χ1v) is 8.12. The smallest absolute Gasteiger partial charge is 0.379 e. The van der Waals surface area contributed by atoms with Crippen LogP contribution in [0.1, 0.15) is 11.4 Å². The lowest BCUT2D eigenvalue weighted by atomic mass is 10.2. The Bertz CT molecular complexity index is 837. The molecule has 6 nitrogen and oxygen atoms in total. The molecule has 0 atom stereocenters. The Balaban J connectivity index is 1.91. The number of hydrogen-bond acceptors (Lipinski definition) is 5. The number of rotatable bonds is 4. The van der Waals surface area contributed by atoms with Crippen molar-refractivity contribution in [2.24, 2.45) is 5.10 Å². The van der Waals surface area contributed by atoms with Crippen molar-refractivity contribution < 1.29 is 22.3 Å². The van der Waals surface area contributed by atoms with Gasteiger partial charge in [0, 0.05) is 13.1 Å². The molecule has 26 heavy (non-hydrogen) atoms. The monoisotopic (exact) mass is 389 g/mol. The summed E-state index contributed by atoms with van der Waals surface area (Å²) in [5.41, 5.74) is 0.433. The maximum Gasteiger partial charge on any atom is 0.453 e. The largest absolute Gasteiger partial charge is 0.453 e. The van der Waals surface area contributed by atoms with Crippen LogP contribution < -0.4 is 0 Å². The summed E-state index contributed by atoms with van der Waals surface area (Å²) in [5.74, 6) is -1.66. The standard InChI is InChI=1S/C15H15F4N5OS/c16-12-3-1-11(2-4-12)9-20-24-13(15(17,18)19)21-23(14(24)26)10-22-5-7-25-8-6-22/h1-4,9H,5-8,10H2. The summed E-state index contributed by atoms with van der Waals surface area (Å²) >= 11 is 5.12. The SMILES string of the molecule is Fc1ccc(C=Nn2c(C(F)(F)F)nn(CN3CCOCC3)c2=S)cc1. The molecule has 0 radical (unpaired) electrons. The Kier molecular flexibility index (Phi) is 5.49. The summed E-state index contributed by atoms with van der Waals surface area (Å²) in [7, 11) is 0. The van der Waals surface area contributed by atoms with Gasteiger partial charge in [0.05, 0.1) is 26.1 Å². The highest BCUT2D eigenvalue weighted by Gasteiger charge is 2.38. The number of ether oxygens (including phenoxy) is 1. The van der Waals surface area contributed by atoms with Crippen molar-refractivity contribution >= 4 is 18.4 Å². The second kappa shape index (κ2) is 7.64. The van der Waals surface area contributed by atoms with Gasteiger partial charge in [-0.2, -0.15) is 22.9 Å². The molecule has 0 amide bonds. The van der Waals surface area contributed by atoms with Gasteiger partial charge >= 0.3 is 6.18 Å². The molecule has 3 rings (SSSR count). The molecule has 1 aliphatic heterocycles. The molecule has 0 spiro atoms. The van der Waals surface area contributed by atoms with Crippen molar-refractivity contribution in [2.45, 2.75) is 12.8 Å². The molecule has 2 heterocycles. The molecule has 11 heteroatoms. The van der Waals surface area contributed by atoms with Crippen molar-refractivity contribution in [1.82, 2.24) is 19.4 Å². The van der Waals surface area contributed by atoms with Gasteiger partial charge in [0.25, 0.3) is 5.82 Å². The molecule has 140 valence electrons. The van der Waals surface area contributed by atoms with Crippen LogP contribution in [0.2, 0.25) is 0 Å². The first-order valence-electron chi connectivity index (χ1n) is 7.71. The highest BCUT2D eigenvalue weighted by atomic mass is 32.1. The Morgan fingerprint density at radius 3 is 2.46 bits per heavy atom. The molecule has 0 saturated carbocycles. The van der Waals surface area contributed by atoms with Crippen molar-refractivity contribution in [3.63, 3.8) is 0 Å². The van der Waals surface area contributed by atoms with Crippen LogP contribution in [0, 0.1) is 10.6 Å². The van der Waals surface area contributed by atoms with E-state index in [1.54, 1.807) is 0 Å². The topological polar surface area (TPSA) is 47.6 Å². The quantitative estimate of drug-likeness (QED) is 0.458. The third-order valence-corrected chi connectivity index (χ3v) is 4.09. The molecule has 1 saturated heterocycles. The second-order valence-electron chi connectivity index (χ2n) is 5.58.